The first-order valence-electron chi connectivity index (χ1n) is 8.14. The molecular weight excluding hydrogens is 288 g/mol. The number of rotatable bonds is 5. The first kappa shape index (κ1) is 16.7. The number of sulfone groups is 1. The molecule has 6 heteroatoms. The number of hydrogen-bond donors (Lipinski definition) is 2. The van der Waals surface area contributed by atoms with Crippen LogP contribution in [-0.2, 0) is 14.6 Å². The molecule has 2 aliphatic rings. The highest BCUT2D eigenvalue weighted by molar-refractivity contribution is 7.92. The fourth-order valence-electron chi connectivity index (χ4n) is 3.62. The number of nitrogens with one attached hydrogen (secondary N) is 2. The lowest BCUT2D eigenvalue weighted by Gasteiger charge is -2.34. The van der Waals surface area contributed by atoms with Gasteiger partial charge in [0, 0.05) is 12.8 Å². The molecule has 1 heterocycles. The van der Waals surface area contributed by atoms with Gasteiger partial charge in [0.1, 0.15) is 0 Å². The maximum absolute atomic E-state index is 12.5. The summed E-state index contributed by atoms with van der Waals surface area (Å²) in [6.07, 6.45) is 9.32. The van der Waals surface area contributed by atoms with E-state index in [9.17, 15) is 13.2 Å². The zero-order valence-electron chi connectivity index (χ0n) is 13.0. The van der Waals surface area contributed by atoms with Crippen molar-refractivity contribution in [2.75, 3.05) is 25.9 Å². The molecule has 1 amide bonds. The number of amides is 1. The van der Waals surface area contributed by atoms with Crippen molar-refractivity contribution < 1.29 is 13.2 Å². The third kappa shape index (κ3) is 3.97. The molecule has 21 heavy (non-hydrogen) atoms. The van der Waals surface area contributed by atoms with Gasteiger partial charge in [-0.25, -0.2) is 8.42 Å². The molecule has 2 rings (SSSR count). The van der Waals surface area contributed by atoms with E-state index in [1.165, 1.54) is 38.4 Å². The summed E-state index contributed by atoms with van der Waals surface area (Å²) in [6, 6.07) is 0. The minimum absolute atomic E-state index is 0.290. The van der Waals surface area contributed by atoms with Gasteiger partial charge in [0.05, 0.1) is 0 Å². The van der Waals surface area contributed by atoms with E-state index in [1.54, 1.807) is 0 Å². The third-order valence-electron chi connectivity index (χ3n) is 5.10. The van der Waals surface area contributed by atoms with Crippen LogP contribution in [0.1, 0.15) is 51.4 Å². The number of carbonyl (C=O) groups excluding carboxylic acids is 1. The zero-order chi connectivity index (χ0) is 15.3. The van der Waals surface area contributed by atoms with Crippen molar-refractivity contribution in [2.24, 2.45) is 5.92 Å². The average Bonchev–Trinajstić information content (AvgIpc) is 2.48. The Hall–Kier alpha value is -0.620. The number of carbonyl (C=O) groups is 1. The summed E-state index contributed by atoms with van der Waals surface area (Å²) < 4.78 is 23.0. The highest BCUT2D eigenvalue weighted by Gasteiger charge is 2.48. The van der Waals surface area contributed by atoms with Gasteiger partial charge < -0.3 is 10.6 Å². The number of hydrogen-bond acceptors (Lipinski definition) is 4. The minimum atomic E-state index is -3.39. The van der Waals surface area contributed by atoms with Crippen LogP contribution in [0.5, 0.6) is 0 Å². The summed E-state index contributed by atoms with van der Waals surface area (Å²) in [5.41, 5.74) is 0. The summed E-state index contributed by atoms with van der Waals surface area (Å²) in [5.74, 6) is 0.406. The van der Waals surface area contributed by atoms with E-state index in [-0.39, 0.29) is 5.91 Å². The fourth-order valence-corrected chi connectivity index (χ4v) is 4.98. The molecule has 0 aromatic heterocycles. The van der Waals surface area contributed by atoms with Gasteiger partial charge >= 0.3 is 0 Å². The largest absolute Gasteiger partial charge is 0.355 e. The average molecular weight is 316 g/mol. The Bertz CT molecular complexity index is 450. The lowest BCUT2D eigenvalue weighted by molar-refractivity contribution is -0.124. The standard InChI is InChI=1S/C15H28N2O3S/c1-21(19,20)15(8-11-16-12-9-15)14(18)17-10-7-13-5-3-2-4-6-13/h13,16H,2-12H2,1H3,(H,17,18). The molecule has 0 aromatic carbocycles. The van der Waals surface area contributed by atoms with Crippen LogP contribution < -0.4 is 10.6 Å². The van der Waals surface area contributed by atoms with Gasteiger partial charge in [-0.3, -0.25) is 4.79 Å². The SMILES string of the molecule is CS(=O)(=O)C1(C(=O)NCCC2CCCCC2)CCNCC1. The second-order valence-corrected chi connectivity index (χ2v) is 8.89. The van der Waals surface area contributed by atoms with Crippen molar-refractivity contribution in [3.05, 3.63) is 0 Å². The maximum Gasteiger partial charge on any atom is 0.241 e. The molecule has 122 valence electrons. The van der Waals surface area contributed by atoms with E-state index < -0.39 is 14.6 Å². The quantitative estimate of drug-likeness (QED) is 0.800. The molecular formula is C15H28N2O3S. The van der Waals surface area contributed by atoms with Crippen molar-refractivity contribution in [3.8, 4) is 0 Å². The molecule has 1 aliphatic heterocycles. The van der Waals surface area contributed by atoms with Gasteiger partial charge in [0.15, 0.2) is 14.6 Å². The van der Waals surface area contributed by atoms with Crippen molar-refractivity contribution in [3.63, 3.8) is 0 Å². The van der Waals surface area contributed by atoms with Crippen LogP contribution in [0.3, 0.4) is 0 Å². The molecule has 2 N–H and O–H groups in total. The van der Waals surface area contributed by atoms with Gasteiger partial charge in [-0.15, -0.1) is 0 Å². The van der Waals surface area contributed by atoms with Crippen molar-refractivity contribution >= 4 is 15.7 Å². The van der Waals surface area contributed by atoms with Crippen molar-refractivity contribution in [1.82, 2.24) is 10.6 Å². The lowest BCUT2D eigenvalue weighted by Crippen LogP contribution is -2.57. The van der Waals surface area contributed by atoms with Gasteiger partial charge in [0.2, 0.25) is 5.91 Å². The summed E-state index contributed by atoms with van der Waals surface area (Å²) >= 11 is 0. The van der Waals surface area contributed by atoms with Crippen LogP contribution in [-0.4, -0.2) is 45.0 Å². The second kappa shape index (κ2) is 7.09. The minimum Gasteiger partial charge on any atom is -0.355 e. The van der Waals surface area contributed by atoms with Crippen LogP contribution >= 0.6 is 0 Å². The van der Waals surface area contributed by atoms with Gasteiger partial charge in [-0.05, 0) is 38.3 Å². The summed E-state index contributed by atoms with van der Waals surface area (Å²) in [6.45, 7) is 1.78. The predicted octanol–water partition coefficient (Wildman–Crippen LogP) is 1.24. The van der Waals surface area contributed by atoms with E-state index >= 15 is 0 Å². The van der Waals surface area contributed by atoms with Gasteiger partial charge in [-0.1, -0.05) is 32.1 Å². The zero-order valence-corrected chi connectivity index (χ0v) is 13.8. The molecule has 2 fully saturated rings. The van der Waals surface area contributed by atoms with E-state index in [0.717, 1.165) is 6.42 Å². The van der Waals surface area contributed by atoms with E-state index in [2.05, 4.69) is 10.6 Å². The molecule has 0 radical (unpaired) electrons. The fraction of sp³-hybridized carbons (Fsp3) is 0.933. The van der Waals surface area contributed by atoms with Gasteiger partial charge in [0.25, 0.3) is 0 Å². The lowest BCUT2D eigenvalue weighted by atomic mass is 9.87. The molecule has 0 unspecified atom stereocenters. The van der Waals surface area contributed by atoms with E-state index in [4.69, 9.17) is 0 Å². The Kier molecular flexibility index (Phi) is 5.66. The monoisotopic (exact) mass is 316 g/mol. The van der Waals surface area contributed by atoms with Gasteiger partial charge in [-0.2, -0.15) is 0 Å². The Balaban J connectivity index is 1.90. The Morgan fingerprint density at radius 3 is 2.38 bits per heavy atom. The molecule has 0 bridgehead atoms. The Morgan fingerprint density at radius 2 is 1.81 bits per heavy atom. The first-order chi connectivity index (χ1) is 9.96. The molecule has 1 saturated carbocycles. The smallest absolute Gasteiger partial charge is 0.241 e. The van der Waals surface area contributed by atoms with Crippen molar-refractivity contribution in [1.29, 1.82) is 0 Å². The predicted molar refractivity (Wildman–Crippen MR) is 83.9 cm³/mol. The Morgan fingerprint density at radius 1 is 1.19 bits per heavy atom. The Labute approximate surface area is 128 Å². The molecule has 5 nitrogen and oxygen atoms in total. The second-order valence-electron chi connectivity index (χ2n) is 6.57. The summed E-state index contributed by atoms with van der Waals surface area (Å²) in [4.78, 5) is 12.5. The molecule has 1 aliphatic carbocycles. The normalized spacial score (nSPS) is 23.7. The van der Waals surface area contributed by atoms with E-state index in [0.29, 0.717) is 38.4 Å². The third-order valence-corrected chi connectivity index (χ3v) is 7.11. The van der Waals surface area contributed by atoms with E-state index in [1.807, 2.05) is 0 Å². The first-order valence-corrected chi connectivity index (χ1v) is 10.0. The highest BCUT2D eigenvalue weighted by Crippen LogP contribution is 2.29. The summed E-state index contributed by atoms with van der Waals surface area (Å²) in [5, 5.41) is 6.03. The highest BCUT2D eigenvalue weighted by atomic mass is 32.2. The van der Waals surface area contributed by atoms with Crippen LogP contribution in [0.15, 0.2) is 0 Å². The van der Waals surface area contributed by atoms with Crippen LogP contribution in [0.2, 0.25) is 0 Å². The topological polar surface area (TPSA) is 75.3 Å². The molecule has 0 aromatic rings. The molecule has 1 saturated heterocycles. The molecule has 0 atom stereocenters. The summed E-state index contributed by atoms with van der Waals surface area (Å²) in [7, 11) is -3.39. The van der Waals surface area contributed by atoms with Crippen molar-refractivity contribution in [2.45, 2.75) is 56.1 Å². The number of piperidine rings is 1. The van der Waals surface area contributed by atoms with Crippen LogP contribution in [0, 0.1) is 5.92 Å². The molecule has 0 spiro atoms. The maximum atomic E-state index is 12.5. The van der Waals surface area contributed by atoms with Crippen LogP contribution in [0.25, 0.3) is 0 Å². The van der Waals surface area contributed by atoms with Crippen LogP contribution in [0.4, 0.5) is 0 Å².